The van der Waals surface area contributed by atoms with E-state index < -0.39 is 0 Å². The molecule has 1 amide bonds. The summed E-state index contributed by atoms with van der Waals surface area (Å²) in [5.41, 5.74) is 0. The monoisotopic (exact) mass is 268 g/mol. The maximum atomic E-state index is 11.7. The van der Waals surface area contributed by atoms with Crippen LogP contribution in [0.2, 0.25) is 0 Å². The van der Waals surface area contributed by atoms with Crippen LogP contribution in [0.1, 0.15) is 36.9 Å². The lowest BCUT2D eigenvalue weighted by atomic mass is 10.2. The molecule has 2 atom stereocenters. The Morgan fingerprint density at radius 1 is 1.33 bits per heavy atom. The first-order chi connectivity index (χ1) is 8.51. The van der Waals surface area contributed by atoms with Crippen LogP contribution in [0.5, 0.6) is 0 Å². The molecule has 0 saturated heterocycles. The van der Waals surface area contributed by atoms with Crippen LogP contribution in [0.3, 0.4) is 0 Å². The number of nitrogens with one attached hydrogen (secondary N) is 2. The summed E-state index contributed by atoms with van der Waals surface area (Å²) in [5, 5.41) is 6.22. The summed E-state index contributed by atoms with van der Waals surface area (Å²) in [6, 6.07) is 4.85. The molecule has 2 N–H and O–H groups in total. The van der Waals surface area contributed by atoms with Crippen molar-refractivity contribution in [1.29, 1.82) is 0 Å². The Labute approximate surface area is 114 Å². The fourth-order valence-corrected chi connectivity index (χ4v) is 2.70. The minimum absolute atomic E-state index is 0.0797. The van der Waals surface area contributed by atoms with Crippen molar-refractivity contribution in [1.82, 2.24) is 10.6 Å². The lowest BCUT2D eigenvalue weighted by Crippen LogP contribution is -2.42. The summed E-state index contributed by atoms with van der Waals surface area (Å²) in [6.45, 7) is 8.76. The van der Waals surface area contributed by atoms with Crippen LogP contribution in [-0.4, -0.2) is 24.5 Å². The van der Waals surface area contributed by atoms with E-state index >= 15 is 0 Å². The van der Waals surface area contributed by atoms with E-state index in [1.165, 1.54) is 9.75 Å². The average Bonchev–Trinajstić information content (AvgIpc) is 2.71. The van der Waals surface area contributed by atoms with Crippen molar-refractivity contribution in [2.75, 3.05) is 6.54 Å². The Bertz CT molecular complexity index is 376. The molecule has 0 aliphatic rings. The van der Waals surface area contributed by atoms with Gasteiger partial charge in [-0.3, -0.25) is 4.79 Å². The molecule has 1 rings (SSSR count). The van der Waals surface area contributed by atoms with Crippen LogP contribution in [0, 0.1) is 6.92 Å². The Morgan fingerprint density at radius 3 is 2.61 bits per heavy atom. The minimum atomic E-state index is 0.0797. The van der Waals surface area contributed by atoms with Gasteiger partial charge in [0.1, 0.15) is 0 Å². The average molecular weight is 268 g/mol. The van der Waals surface area contributed by atoms with Crippen molar-refractivity contribution in [3.05, 3.63) is 21.9 Å². The van der Waals surface area contributed by atoms with E-state index in [-0.39, 0.29) is 11.9 Å². The molecule has 0 saturated carbocycles. The molecule has 3 nitrogen and oxygen atoms in total. The largest absolute Gasteiger partial charge is 0.352 e. The standard InChI is InChI=1S/C14H24N2OS/c1-5-10(2)15-9-14(17)16-11(3)8-13-7-6-12(4)18-13/h6-7,10-11,15H,5,8-9H2,1-4H3,(H,16,17). The highest BCUT2D eigenvalue weighted by Gasteiger charge is 2.09. The molecular formula is C14H24N2OS. The molecule has 0 aliphatic carbocycles. The summed E-state index contributed by atoms with van der Waals surface area (Å²) >= 11 is 1.80. The van der Waals surface area contributed by atoms with Gasteiger partial charge in [-0.15, -0.1) is 11.3 Å². The lowest BCUT2D eigenvalue weighted by Gasteiger charge is -2.15. The zero-order chi connectivity index (χ0) is 13.5. The lowest BCUT2D eigenvalue weighted by molar-refractivity contribution is -0.120. The van der Waals surface area contributed by atoms with Crippen LogP contribution in [0.4, 0.5) is 0 Å². The molecular weight excluding hydrogens is 244 g/mol. The van der Waals surface area contributed by atoms with Crippen LogP contribution in [0.25, 0.3) is 0 Å². The maximum absolute atomic E-state index is 11.7. The van der Waals surface area contributed by atoms with Gasteiger partial charge in [0.2, 0.25) is 5.91 Å². The van der Waals surface area contributed by atoms with Crippen molar-refractivity contribution in [2.24, 2.45) is 0 Å². The van der Waals surface area contributed by atoms with E-state index in [0.29, 0.717) is 12.6 Å². The minimum Gasteiger partial charge on any atom is -0.352 e. The summed E-state index contributed by atoms with van der Waals surface area (Å²) in [6.07, 6.45) is 1.95. The van der Waals surface area contributed by atoms with Gasteiger partial charge in [0.25, 0.3) is 0 Å². The number of rotatable bonds is 7. The van der Waals surface area contributed by atoms with Crippen molar-refractivity contribution in [3.63, 3.8) is 0 Å². The van der Waals surface area contributed by atoms with Gasteiger partial charge >= 0.3 is 0 Å². The van der Waals surface area contributed by atoms with Gasteiger partial charge in [0, 0.05) is 28.3 Å². The molecule has 102 valence electrons. The van der Waals surface area contributed by atoms with Gasteiger partial charge < -0.3 is 10.6 Å². The molecule has 0 spiro atoms. The smallest absolute Gasteiger partial charge is 0.234 e. The summed E-state index contributed by atoms with van der Waals surface area (Å²) < 4.78 is 0. The van der Waals surface area contributed by atoms with Gasteiger partial charge in [-0.25, -0.2) is 0 Å². The van der Waals surface area contributed by atoms with Crippen LogP contribution in [0.15, 0.2) is 12.1 Å². The van der Waals surface area contributed by atoms with E-state index in [9.17, 15) is 4.79 Å². The fraction of sp³-hybridized carbons (Fsp3) is 0.643. The van der Waals surface area contributed by atoms with Gasteiger partial charge in [-0.05, 0) is 39.3 Å². The predicted molar refractivity (Wildman–Crippen MR) is 78.1 cm³/mol. The molecule has 1 aromatic rings. The highest BCUT2D eigenvalue weighted by Crippen LogP contribution is 2.16. The second-order valence-corrected chi connectivity index (χ2v) is 6.25. The number of amides is 1. The molecule has 4 heteroatoms. The third kappa shape index (κ3) is 5.65. The number of thiophene rings is 1. The van der Waals surface area contributed by atoms with Gasteiger partial charge in [0.05, 0.1) is 6.54 Å². The number of carbonyl (C=O) groups excluding carboxylic acids is 1. The number of hydrogen-bond acceptors (Lipinski definition) is 3. The second-order valence-electron chi connectivity index (χ2n) is 4.88. The second kappa shape index (κ2) is 7.54. The molecule has 1 aromatic heterocycles. The summed E-state index contributed by atoms with van der Waals surface area (Å²) in [5.74, 6) is 0.0797. The van der Waals surface area contributed by atoms with Gasteiger partial charge in [0.15, 0.2) is 0 Å². The Balaban J connectivity index is 2.27. The molecule has 18 heavy (non-hydrogen) atoms. The third-order valence-electron chi connectivity index (χ3n) is 2.93. The fourth-order valence-electron chi connectivity index (χ4n) is 1.68. The molecule has 0 aliphatic heterocycles. The van der Waals surface area contributed by atoms with E-state index in [1.807, 2.05) is 0 Å². The van der Waals surface area contributed by atoms with E-state index in [0.717, 1.165) is 12.8 Å². The Morgan fingerprint density at radius 2 is 2.06 bits per heavy atom. The normalized spacial score (nSPS) is 14.2. The molecule has 2 unspecified atom stereocenters. The molecule has 0 aromatic carbocycles. The van der Waals surface area contributed by atoms with Crippen LogP contribution in [-0.2, 0) is 11.2 Å². The Kier molecular flexibility index (Phi) is 6.36. The number of hydrogen-bond donors (Lipinski definition) is 2. The summed E-state index contributed by atoms with van der Waals surface area (Å²) in [4.78, 5) is 14.3. The molecule has 0 bridgehead atoms. The predicted octanol–water partition coefficient (Wildman–Crippen LogP) is 2.49. The molecule has 1 heterocycles. The number of aryl methyl sites for hydroxylation is 1. The Hall–Kier alpha value is -0.870. The van der Waals surface area contributed by atoms with Gasteiger partial charge in [-0.2, -0.15) is 0 Å². The summed E-state index contributed by atoms with van der Waals surface area (Å²) in [7, 11) is 0. The quantitative estimate of drug-likeness (QED) is 0.798. The zero-order valence-corrected chi connectivity index (χ0v) is 12.6. The highest BCUT2D eigenvalue weighted by atomic mass is 32.1. The van der Waals surface area contributed by atoms with E-state index in [1.54, 1.807) is 11.3 Å². The molecule has 0 fully saturated rings. The molecule has 0 radical (unpaired) electrons. The first-order valence-corrected chi connectivity index (χ1v) is 7.41. The topological polar surface area (TPSA) is 41.1 Å². The van der Waals surface area contributed by atoms with Gasteiger partial charge in [-0.1, -0.05) is 6.92 Å². The van der Waals surface area contributed by atoms with Crippen LogP contribution < -0.4 is 10.6 Å². The SMILES string of the molecule is CCC(C)NCC(=O)NC(C)Cc1ccc(C)s1. The van der Waals surface area contributed by atoms with Crippen molar-refractivity contribution < 1.29 is 4.79 Å². The first kappa shape index (κ1) is 15.2. The third-order valence-corrected chi connectivity index (χ3v) is 3.96. The first-order valence-electron chi connectivity index (χ1n) is 6.59. The van der Waals surface area contributed by atoms with E-state index in [2.05, 4.69) is 50.5 Å². The van der Waals surface area contributed by atoms with Crippen molar-refractivity contribution >= 4 is 17.2 Å². The number of carbonyl (C=O) groups is 1. The van der Waals surface area contributed by atoms with Crippen LogP contribution >= 0.6 is 11.3 Å². The highest BCUT2D eigenvalue weighted by molar-refractivity contribution is 7.11. The van der Waals surface area contributed by atoms with E-state index in [4.69, 9.17) is 0 Å². The maximum Gasteiger partial charge on any atom is 0.234 e. The van der Waals surface area contributed by atoms with Crippen molar-refractivity contribution in [2.45, 2.75) is 52.6 Å². The van der Waals surface area contributed by atoms with Crippen molar-refractivity contribution in [3.8, 4) is 0 Å². The zero-order valence-electron chi connectivity index (χ0n) is 11.7.